The van der Waals surface area contributed by atoms with Crippen LogP contribution in [-0.4, -0.2) is 0 Å². The number of benzene rings is 9. The van der Waals surface area contributed by atoms with Gasteiger partial charge >= 0.3 is 0 Å². The van der Waals surface area contributed by atoms with Gasteiger partial charge in [-0.2, -0.15) is 0 Å². The molecule has 258 valence electrons. The Morgan fingerprint density at radius 1 is 0.358 bits per heavy atom. The molecule has 9 aromatic rings. The fourth-order valence-electron chi connectivity index (χ4n) is 8.35. The maximum Gasteiger partial charge on any atom is 0.0618 e. The Morgan fingerprint density at radius 3 is 1.28 bits per heavy atom. The van der Waals surface area contributed by atoms with Crippen LogP contribution in [0.15, 0.2) is 164 Å². The van der Waals surface area contributed by atoms with Crippen molar-refractivity contribution in [3.05, 3.63) is 175 Å². The first-order chi connectivity index (χ1) is 25.6. The maximum atomic E-state index is 2.48. The van der Waals surface area contributed by atoms with Crippen molar-refractivity contribution < 1.29 is 0 Å². The van der Waals surface area contributed by atoms with E-state index in [1.54, 1.807) is 0 Å². The van der Waals surface area contributed by atoms with Gasteiger partial charge < -0.3 is 4.90 Å². The molecule has 0 spiro atoms. The van der Waals surface area contributed by atoms with Crippen LogP contribution in [0, 0.1) is 0 Å². The molecule has 0 saturated carbocycles. The van der Waals surface area contributed by atoms with Crippen LogP contribution in [-0.2, 0) is 10.8 Å². The fraction of sp³-hybridized carbons (Fsp3) is 0.154. The summed E-state index contributed by atoms with van der Waals surface area (Å²) in [5.41, 5.74) is 8.80. The lowest BCUT2D eigenvalue weighted by Gasteiger charge is -2.31. The Balaban J connectivity index is 1.38. The number of hydrogen-bond donors (Lipinski definition) is 0. The summed E-state index contributed by atoms with van der Waals surface area (Å²) in [6.45, 7) is 13.7. The summed E-state index contributed by atoms with van der Waals surface area (Å²) in [5.74, 6) is 0. The van der Waals surface area contributed by atoms with E-state index in [0.29, 0.717) is 0 Å². The van der Waals surface area contributed by atoms with Crippen LogP contribution in [0.3, 0.4) is 0 Å². The molecule has 9 rings (SSSR count). The molecule has 0 aliphatic heterocycles. The second-order valence-electron chi connectivity index (χ2n) is 16.6. The highest BCUT2D eigenvalue weighted by atomic mass is 15.1. The van der Waals surface area contributed by atoms with Crippen molar-refractivity contribution in [3.8, 4) is 11.1 Å². The van der Waals surface area contributed by atoms with Crippen LogP contribution in [0.25, 0.3) is 65.0 Å². The first-order valence-electron chi connectivity index (χ1n) is 18.9. The molecule has 0 radical (unpaired) electrons. The van der Waals surface area contributed by atoms with E-state index < -0.39 is 0 Å². The highest BCUT2D eigenvalue weighted by Gasteiger charge is 2.25. The summed E-state index contributed by atoms with van der Waals surface area (Å²) in [6.07, 6.45) is 0. The van der Waals surface area contributed by atoms with Gasteiger partial charge in [-0.15, -0.1) is 0 Å². The van der Waals surface area contributed by atoms with E-state index >= 15 is 0 Å². The molecule has 0 N–H and O–H groups in total. The lowest BCUT2D eigenvalue weighted by Crippen LogP contribution is -2.15. The van der Waals surface area contributed by atoms with Gasteiger partial charge in [-0.1, -0.05) is 175 Å². The molecular formula is C52H45N. The van der Waals surface area contributed by atoms with Crippen molar-refractivity contribution in [3.63, 3.8) is 0 Å². The van der Waals surface area contributed by atoms with Crippen LogP contribution in [0.2, 0.25) is 0 Å². The van der Waals surface area contributed by atoms with E-state index in [-0.39, 0.29) is 10.8 Å². The van der Waals surface area contributed by atoms with Gasteiger partial charge in [0.05, 0.1) is 5.69 Å². The van der Waals surface area contributed by atoms with E-state index in [1.165, 1.54) is 81.8 Å². The number of nitrogens with zero attached hydrogens (tertiary/aromatic N) is 1. The summed E-state index contributed by atoms with van der Waals surface area (Å²) in [7, 11) is 0. The zero-order valence-electron chi connectivity index (χ0n) is 31.5. The van der Waals surface area contributed by atoms with E-state index in [4.69, 9.17) is 0 Å². The van der Waals surface area contributed by atoms with E-state index in [0.717, 1.165) is 11.4 Å². The van der Waals surface area contributed by atoms with Crippen molar-refractivity contribution in [2.45, 2.75) is 52.4 Å². The standard InChI is InChI=1S/C52H45N/c1-51(2,3)36-25-29-38(30-26-36)53(39-31-27-37(28-32-39)52(4,5)6)50-45-21-13-11-19-43(45)49(44-20-12-14-22-46(44)50)47-33-35-24-23-34-15-7-8-16-40(34)48(35)42-18-10-9-17-41(42)47/h7-33H,1-6H3. The van der Waals surface area contributed by atoms with Crippen molar-refractivity contribution in [2.75, 3.05) is 4.90 Å². The van der Waals surface area contributed by atoms with Crippen molar-refractivity contribution >= 4 is 70.9 Å². The first-order valence-corrected chi connectivity index (χ1v) is 18.9. The monoisotopic (exact) mass is 683 g/mol. The van der Waals surface area contributed by atoms with Gasteiger partial charge in [0.25, 0.3) is 0 Å². The molecule has 9 aromatic carbocycles. The van der Waals surface area contributed by atoms with Crippen molar-refractivity contribution in [1.29, 1.82) is 0 Å². The van der Waals surface area contributed by atoms with Crippen LogP contribution < -0.4 is 4.90 Å². The van der Waals surface area contributed by atoms with Crippen molar-refractivity contribution in [1.82, 2.24) is 0 Å². The summed E-state index contributed by atoms with van der Waals surface area (Å²) < 4.78 is 0. The Hall–Kier alpha value is -5.92. The average Bonchev–Trinajstić information content (AvgIpc) is 3.17. The molecular weight excluding hydrogens is 639 g/mol. The summed E-state index contributed by atoms with van der Waals surface area (Å²) in [5, 5.41) is 12.6. The molecule has 0 aromatic heterocycles. The summed E-state index contributed by atoms with van der Waals surface area (Å²) >= 11 is 0. The Labute approximate surface area is 313 Å². The number of fused-ring (bicyclic) bond motifs is 7. The predicted octanol–water partition coefficient (Wildman–Crippen LogP) is 15.2. The molecule has 53 heavy (non-hydrogen) atoms. The van der Waals surface area contributed by atoms with Gasteiger partial charge in [0.15, 0.2) is 0 Å². The second kappa shape index (κ2) is 12.3. The minimum atomic E-state index is 0.0632. The molecule has 0 saturated heterocycles. The highest BCUT2D eigenvalue weighted by Crippen LogP contribution is 2.50. The van der Waals surface area contributed by atoms with Crippen molar-refractivity contribution in [2.24, 2.45) is 0 Å². The van der Waals surface area contributed by atoms with Crippen LogP contribution in [0.4, 0.5) is 17.1 Å². The largest absolute Gasteiger partial charge is 0.309 e. The third-order valence-electron chi connectivity index (χ3n) is 11.1. The van der Waals surface area contributed by atoms with Gasteiger partial charge in [-0.25, -0.2) is 0 Å². The number of hydrogen-bond acceptors (Lipinski definition) is 1. The van der Waals surface area contributed by atoms with Gasteiger partial charge in [-0.3, -0.25) is 0 Å². The highest BCUT2D eigenvalue weighted by molar-refractivity contribution is 6.28. The molecule has 0 bridgehead atoms. The molecule has 1 nitrogen and oxygen atoms in total. The van der Waals surface area contributed by atoms with E-state index in [9.17, 15) is 0 Å². The summed E-state index contributed by atoms with van der Waals surface area (Å²) in [6, 6.07) is 61.2. The molecule has 0 aliphatic carbocycles. The Kier molecular flexibility index (Phi) is 7.68. The fourth-order valence-corrected chi connectivity index (χ4v) is 8.35. The topological polar surface area (TPSA) is 3.24 Å². The maximum absolute atomic E-state index is 2.48. The van der Waals surface area contributed by atoms with Gasteiger partial charge in [0, 0.05) is 22.1 Å². The van der Waals surface area contributed by atoms with E-state index in [1.807, 2.05) is 0 Å². The SMILES string of the molecule is CC(C)(C)c1ccc(N(c2ccc(C(C)(C)C)cc2)c2c3ccccc3c(-c3cc4ccc5ccccc5c4c4ccccc34)c3ccccc23)cc1. The number of rotatable bonds is 4. The smallest absolute Gasteiger partial charge is 0.0618 e. The van der Waals surface area contributed by atoms with Crippen LogP contribution in [0.1, 0.15) is 52.7 Å². The Bertz CT molecular complexity index is 2710. The summed E-state index contributed by atoms with van der Waals surface area (Å²) in [4.78, 5) is 2.48. The van der Waals surface area contributed by atoms with Gasteiger partial charge in [-0.05, 0) is 107 Å². The lowest BCUT2D eigenvalue weighted by atomic mass is 9.85. The molecule has 0 unspecified atom stereocenters. The molecule has 1 heteroatoms. The van der Waals surface area contributed by atoms with Crippen LogP contribution >= 0.6 is 0 Å². The van der Waals surface area contributed by atoms with Crippen LogP contribution in [0.5, 0.6) is 0 Å². The second-order valence-corrected chi connectivity index (χ2v) is 16.6. The third kappa shape index (κ3) is 5.54. The van der Waals surface area contributed by atoms with E-state index in [2.05, 4.69) is 210 Å². The first kappa shape index (κ1) is 33.0. The minimum Gasteiger partial charge on any atom is -0.309 e. The quantitative estimate of drug-likeness (QED) is 0.132. The molecule has 0 amide bonds. The molecule has 0 aliphatic rings. The number of anilines is 3. The Morgan fingerprint density at radius 2 is 0.774 bits per heavy atom. The molecule has 0 fully saturated rings. The zero-order valence-corrected chi connectivity index (χ0v) is 31.5. The molecule has 0 atom stereocenters. The third-order valence-corrected chi connectivity index (χ3v) is 11.1. The van der Waals surface area contributed by atoms with Gasteiger partial charge in [0.1, 0.15) is 0 Å². The minimum absolute atomic E-state index is 0.0632. The van der Waals surface area contributed by atoms with Gasteiger partial charge in [0.2, 0.25) is 0 Å². The molecule has 0 heterocycles. The average molecular weight is 684 g/mol. The normalized spacial score (nSPS) is 12.3. The predicted molar refractivity (Wildman–Crippen MR) is 231 cm³/mol. The lowest BCUT2D eigenvalue weighted by molar-refractivity contribution is 0.590. The zero-order chi connectivity index (χ0) is 36.5.